The Labute approximate surface area is 156 Å². The molecule has 0 saturated heterocycles. The van der Waals surface area contributed by atoms with Crippen LogP contribution in [0.15, 0.2) is 36.4 Å². The maximum atomic E-state index is 11.2. The molecular formula is C20H28O2W. The number of ketones is 2. The number of carbonyl (C=O) groups excluding carboxylic acids is 2. The van der Waals surface area contributed by atoms with E-state index in [1.807, 2.05) is 0 Å². The van der Waals surface area contributed by atoms with E-state index in [4.69, 9.17) is 0 Å². The van der Waals surface area contributed by atoms with Crippen molar-refractivity contribution in [1.82, 2.24) is 0 Å². The van der Waals surface area contributed by atoms with Gasteiger partial charge in [0.1, 0.15) is 0 Å². The molecule has 0 heterocycles. The van der Waals surface area contributed by atoms with Crippen LogP contribution in [0.3, 0.4) is 0 Å². The number of carbonyl (C=O) groups is 2. The first kappa shape index (κ1) is 24.1. The standard InChI is InChI=1S/C13H13O2.C7H15.W/c1-3-4-13(15)9-11-5-7-12(8-6-11)10(2)14;1-5-6-7(2,3)4;/h3-8H,1,9H2,2H3;1,5-6H2,2-4H3;/q2*-1;+2/b4-3+;;. The molecule has 2 nitrogen and oxygen atoms in total. The Morgan fingerprint density at radius 2 is 1.65 bits per heavy atom. The van der Waals surface area contributed by atoms with Gasteiger partial charge in [0.2, 0.25) is 0 Å². The summed E-state index contributed by atoms with van der Waals surface area (Å²) >= 11 is 0. The van der Waals surface area contributed by atoms with E-state index in [9.17, 15) is 9.59 Å². The number of rotatable bonds is 5. The van der Waals surface area contributed by atoms with Crippen molar-refractivity contribution >= 4 is 11.6 Å². The zero-order valence-electron chi connectivity index (χ0n) is 14.7. The number of hydrogen-bond acceptors (Lipinski definition) is 2. The van der Waals surface area contributed by atoms with Gasteiger partial charge in [-0.1, -0.05) is 51.5 Å². The van der Waals surface area contributed by atoms with E-state index in [0.717, 1.165) is 12.0 Å². The molecule has 3 heteroatoms. The molecule has 0 radical (unpaired) electrons. The predicted molar refractivity (Wildman–Crippen MR) is 93.7 cm³/mol. The zero-order chi connectivity index (χ0) is 17.2. The van der Waals surface area contributed by atoms with Crippen LogP contribution in [0.25, 0.3) is 0 Å². The van der Waals surface area contributed by atoms with Crippen molar-refractivity contribution in [2.24, 2.45) is 5.41 Å². The van der Waals surface area contributed by atoms with Gasteiger partial charge in [-0.25, -0.2) is 13.0 Å². The first-order chi connectivity index (χ1) is 10.2. The molecule has 0 aliphatic rings. The average Bonchev–Trinajstić information content (AvgIpc) is 2.38. The second-order valence-corrected chi connectivity index (χ2v) is 6.46. The Balaban J connectivity index is 0. The van der Waals surface area contributed by atoms with Gasteiger partial charge in [-0.05, 0) is 17.9 Å². The average molecular weight is 484 g/mol. The first-order valence-electron chi connectivity index (χ1n) is 7.57. The molecule has 1 aromatic rings. The molecule has 0 spiro atoms. The summed E-state index contributed by atoms with van der Waals surface area (Å²) in [6.07, 6.45) is 5.56. The minimum absolute atomic E-state index is 0. The zero-order valence-corrected chi connectivity index (χ0v) is 17.7. The molecule has 0 bridgehead atoms. The van der Waals surface area contributed by atoms with Crippen LogP contribution in [0.5, 0.6) is 0 Å². The van der Waals surface area contributed by atoms with Crippen molar-refractivity contribution in [3.8, 4) is 0 Å². The van der Waals surface area contributed by atoms with Crippen LogP contribution in [-0.2, 0) is 32.3 Å². The third-order valence-electron chi connectivity index (χ3n) is 2.97. The Morgan fingerprint density at radius 1 is 1.13 bits per heavy atom. The van der Waals surface area contributed by atoms with Crippen molar-refractivity contribution in [3.05, 3.63) is 61.4 Å². The fourth-order valence-corrected chi connectivity index (χ4v) is 1.78. The molecule has 0 fully saturated rings. The van der Waals surface area contributed by atoms with Crippen molar-refractivity contribution in [2.45, 2.75) is 47.0 Å². The largest absolute Gasteiger partial charge is 2.00 e. The summed E-state index contributed by atoms with van der Waals surface area (Å²) in [7, 11) is 0. The fourth-order valence-electron chi connectivity index (χ4n) is 1.78. The van der Waals surface area contributed by atoms with Crippen LogP contribution in [-0.4, -0.2) is 11.6 Å². The SMILES string of the molecule is [CH2-]/C=C/C(=O)Cc1ccc(C(C)=O)cc1.[CH2-]CCC(C)(C)C.[W+2]. The van der Waals surface area contributed by atoms with Crippen LogP contribution in [0.1, 0.15) is 56.5 Å². The molecular weight excluding hydrogens is 456 g/mol. The quantitative estimate of drug-likeness (QED) is 0.334. The molecule has 0 aliphatic heterocycles. The Hall–Kier alpha value is -1.14. The molecule has 1 aromatic carbocycles. The third kappa shape index (κ3) is 13.0. The summed E-state index contributed by atoms with van der Waals surface area (Å²) in [6.45, 7) is 15.5. The van der Waals surface area contributed by atoms with Gasteiger partial charge in [0.25, 0.3) is 0 Å². The number of benzene rings is 1. The van der Waals surface area contributed by atoms with Gasteiger partial charge in [0.15, 0.2) is 5.78 Å². The molecule has 0 amide bonds. The molecule has 0 aromatic heterocycles. The van der Waals surface area contributed by atoms with Crippen molar-refractivity contribution in [1.29, 1.82) is 0 Å². The van der Waals surface area contributed by atoms with Crippen LogP contribution in [0.2, 0.25) is 0 Å². The van der Waals surface area contributed by atoms with Crippen molar-refractivity contribution in [2.75, 3.05) is 0 Å². The fraction of sp³-hybridized carbons (Fsp3) is 0.400. The summed E-state index contributed by atoms with van der Waals surface area (Å²) in [5.74, 6) is 0.0473. The van der Waals surface area contributed by atoms with Gasteiger partial charge < -0.3 is 11.7 Å². The van der Waals surface area contributed by atoms with Gasteiger partial charge in [-0.15, -0.1) is 0 Å². The van der Waals surface area contributed by atoms with Crippen LogP contribution < -0.4 is 0 Å². The summed E-state index contributed by atoms with van der Waals surface area (Å²) in [5.41, 5.74) is 2.06. The Morgan fingerprint density at radius 3 is 1.96 bits per heavy atom. The van der Waals surface area contributed by atoms with Gasteiger partial charge >= 0.3 is 21.1 Å². The Bertz CT molecular complexity index is 493. The molecule has 0 atom stereocenters. The predicted octanol–water partition coefficient (Wildman–Crippen LogP) is 5.04. The molecule has 0 saturated carbocycles. The minimum Gasteiger partial charge on any atom is -0.343 e. The third-order valence-corrected chi connectivity index (χ3v) is 2.97. The van der Waals surface area contributed by atoms with E-state index < -0.39 is 0 Å². The van der Waals surface area contributed by atoms with E-state index in [1.54, 1.807) is 24.3 Å². The van der Waals surface area contributed by atoms with E-state index >= 15 is 0 Å². The normalized spacial score (nSPS) is 10.5. The van der Waals surface area contributed by atoms with E-state index in [1.165, 1.54) is 25.5 Å². The van der Waals surface area contributed by atoms with Crippen molar-refractivity contribution in [3.63, 3.8) is 0 Å². The van der Waals surface area contributed by atoms with E-state index in [0.29, 0.717) is 17.4 Å². The van der Waals surface area contributed by atoms with Gasteiger partial charge in [0.05, 0.1) is 5.78 Å². The molecule has 126 valence electrons. The maximum Gasteiger partial charge on any atom is 2.00 e. The van der Waals surface area contributed by atoms with Crippen LogP contribution >= 0.6 is 0 Å². The second-order valence-electron chi connectivity index (χ2n) is 6.46. The monoisotopic (exact) mass is 484 g/mol. The maximum absolute atomic E-state index is 11.2. The first-order valence-corrected chi connectivity index (χ1v) is 7.57. The van der Waals surface area contributed by atoms with Crippen molar-refractivity contribution < 1.29 is 30.7 Å². The van der Waals surface area contributed by atoms with Crippen LogP contribution in [0.4, 0.5) is 0 Å². The minimum atomic E-state index is 0. The molecule has 1 rings (SSSR count). The molecule has 0 N–H and O–H groups in total. The number of Topliss-reactive ketones (excluding diaryl/α,β-unsaturated/α-hetero) is 1. The van der Waals surface area contributed by atoms with Gasteiger partial charge in [-0.3, -0.25) is 4.79 Å². The van der Waals surface area contributed by atoms with Crippen LogP contribution in [0, 0.1) is 19.3 Å². The second kappa shape index (κ2) is 12.3. The van der Waals surface area contributed by atoms with Gasteiger partial charge in [0, 0.05) is 12.0 Å². The van der Waals surface area contributed by atoms with E-state index in [-0.39, 0.29) is 32.6 Å². The van der Waals surface area contributed by atoms with E-state index in [2.05, 4.69) is 34.6 Å². The smallest absolute Gasteiger partial charge is 0.343 e. The summed E-state index contributed by atoms with van der Waals surface area (Å²) in [6, 6.07) is 7.06. The summed E-state index contributed by atoms with van der Waals surface area (Å²) in [5, 5.41) is 0. The Kier molecular flexibility index (Phi) is 12.9. The summed E-state index contributed by atoms with van der Waals surface area (Å²) < 4.78 is 0. The molecule has 23 heavy (non-hydrogen) atoms. The summed E-state index contributed by atoms with van der Waals surface area (Å²) in [4.78, 5) is 22.2. The number of allylic oxidation sites excluding steroid dienone is 2. The molecule has 0 aliphatic carbocycles. The molecule has 0 unspecified atom stereocenters. The number of hydrogen-bond donors (Lipinski definition) is 0. The topological polar surface area (TPSA) is 34.1 Å². The van der Waals surface area contributed by atoms with Gasteiger partial charge in [-0.2, -0.15) is 12.5 Å².